The summed E-state index contributed by atoms with van der Waals surface area (Å²) in [6.07, 6.45) is 6.50. The first-order valence-corrected chi connectivity index (χ1v) is 12.5. The van der Waals surface area contributed by atoms with E-state index >= 15 is 0 Å². The molecule has 0 bridgehead atoms. The van der Waals surface area contributed by atoms with Crippen LogP contribution in [0.1, 0.15) is 47.4 Å². The normalized spacial score (nSPS) is 17.0. The molecule has 0 atom stereocenters. The number of anilines is 1. The number of carbonyl (C=O) groups is 1. The van der Waals surface area contributed by atoms with Gasteiger partial charge in [-0.2, -0.15) is 0 Å². The molecule has 2 fully saturated rings. The summed E-state index contributed by atoms with van der Waals surface area (Å²) in [5.74, 6) is 0.971. The van der Waals surface area contributed by atoms with E-state index in [1.54, 1.807) is 6.20 Å². The number of likely N-dealkylation sites (tertiary alicyclic amines) is 2. The fourth-order valence-electron chi connectivity index (χ4n) is 5.09. The summed E-state index contributed by atoms with van der Waals surface area (Å²) in [5.41, 5.74) is 10.4. The van der Waals surface area contributed by atoms with Crippen LogP contribution < -0.4 is 10.5 Å². The van der Waals surface area contributed by atoms with Crippen LogP contribution in [0.5, 0.6) is 5.75 Å². The van der Waals surface area contributed by atoms with Gasteiger partial charge in [0.1, 0.15) is 6.61 Å². The van der Waals surface area contributed by atoms with E-state index in [0.29, 0.717) is 24.2 Å². The highest BCUT2D eigenvalue weighted by Gasteiger charge is 2.28. The van der Waals surface area contributed by atoms with Crippen LogP contribution in [0, 0.1) is 6.92 Å². The molecule has 0 saturated carbocycles. The van der Waals surface area contributed by atoms with Crippen LogP contribution in [-0.2, 0) is 6.61 Å². The highest BCUT2D eigenvalue weighted by Crippen LogP contribution is 2.28. The molecule has 1 amide bonds. The highest BCUT2D eigenvalue weighted by molar-refractivity contribution is 5.94. The molecule has 35 heavy (non-hydrogen) atoms. The molecule has 0 unspecified atom stereocenters. The molecule has 4 heterocycles. The zero-order valence-electron chi connectivity index (χ0n) is 20.3. The summed E-state index contributed by atoms with van der Waals surface area (Å²) in [6.45, 7) is 6.37. The van der Waals surface area contributed by atoms with E-state index in [1.165, 1.54) is 25.9 Å². The Bertz CT molecular complexity index is 1170. The summed E-state index contributed by atoms with van der Waals surface area (Å²) in [4.78, 5) is 26.4. The van der Waals surface area contributed by atoms with Gasteiger partial charge in [0.25, 0.3) is 5.91 Å². The van der Waals surface area contributed by atoms with Gasteiger partial charge in [0.15, 0.2) is 11.6 Å². The van der Waals surface area contributed by atoms with Gasteiger partial charge in [0.05, 0.1) is 5.69 Å². The standard InChI is InChI=1S/C28H33N5O2/c1-20-5-4-6-24(31-20)19-35-26-17-23(18-30-27(26)29)21-7-9-22(10-8-21)28(34)33-15-11-25(12-16-33)32-13-2-3-14-32/h4-10,17-18,25H,2-3,11-16,19H2,1H3,(H2,29,30). The van der Waals surface area contributed by atoms with Gasteiger partial charge in [-0.25, -0.2) is 4.98 Å². The minimum absolute atomic E-state index is 0.113. The van der Waals surface area contributed by atoms with Gasteiger partial charge >= 0.3 is 0 Å². The lowest BCUT2D eigenvalue weighted by atomic mass is 10.0. The van der Waals surface area contributed by atoms with Gasteiger partial charge in [0.2, 0.25) is 0 Å². The fraction of sp³-hybridized carbons (Fsp3) is 0.393. The second-order valence-electron chi connectivity index (χ2n) is 9.51. The van der Waals surface area contributed by atoms with Crippen molar-refractivity contribution in [1.29, 1.82) is 0 Å². The van der Waals surface area contributed by atoms with E-state index in [-0.39, 0.29) is 5.91 Å². The van der Waals surface area contributed by atoms with Crippen LogP contribution >= 0.6 is 0 Å². The summed E-state index contributed by atoms with van der Waals surface area (Å²) in [6, 6.07) is 16.1. The first kappa shape index (κ1) is 23.3. The number of pyridine rings is 2. The third-order valence-corrected chi connectivity index (χ3v) is 7.08. The Morgan fingerprint density at radius 3 is 2.49 bits per heavy atom. The molecule has 2 N–H and O–H groups in total. The predicted molar refractivity (Wildman–Crippen MR) is 137 cm³/mol. The van der Waals surface area contributed by atoms with E-state index < -0.39 is 0 Å². The molecule has 2 aliphatic rings. The number of carbonyl (C=O) groups excluding carboxylic acids is 1. The molecule has 2 saturated heterocycles. The van der Waals surface area contributed by atoms with E-state index in [9.17, 15) is 4.79 Å². The molecule has 0 radical (unpaired) electrons. The summed E-state index contributed by atoms with van der Waals surface area (Å²) < 4.78 is 5.91. The van der Waals surface area contributed by atoms with Gasteiger partial charge in [-0.1, -0.05) is 18.2 Å². The molecule has 1 aromatic carbocycles. The van der Waals surface area contributed by atoms with Crippen LogP contribution in [0.2, 0.25) is 0 Å². The quantitative estimate of drug-likeness (QED) is 0.577. The van der Waals surface area contributed by atoms with Crippen molar-refractivity contribution in [3.05, 3.63) is 71.7 Å². The summed E-state index contributed by atoms with van der Waals surface area (Å²) in [7, 11) is 0. The van der Waals surface area contributed by atoms with E-state index in [2.05, 4.69) is 14.9 Å². The topological polar surface area (TPSA) is 84.6 Å². The maximum atomic E-state index is 13.1. The third-order valence-electron chi connectivity index (χ3n) is 7.08. The van der Waals surface area contributed by atoms with Crippen molar-refractivity contribution in [2.75, 3.05) is 31.9 Å². The monoisotopic (exact) mass is 471 g/mol. The van der Waals surface area contributed by atoms with Crippen LogP contribution in [0.25, 0.3) is 11.1 Å². The Hall–Kier alpha value is -3.45. The molecule has 3 aromatic rings. The number of nitrogen functional groups attached to an aromatic ring is 1. The lowest BCUT2D eigenvalue weighted by molar-refractivity contribution is 0.0644. The molecule has 7 heteroatoms. The molecule has 0 spiro atoms. The minimum Gasteiger partial charge on any atom is -0.483 e. The molecule has 2 aliphatic heterocycles. The maximum Gasteiger partial charge on any atom is 0.253 e. The number of nitrogens with two attached hydrogens (primary N) is 1. The first-order valence-electron chi connectivity index (χ1n) is 12.5. The number of nitrogens with zero attached hydrogens (tertiary/aromatic N) is 4. The number of aryl methyl sites for hydroxylation is 1. The van der Waals surface area contributed by atoms with Crippen molar-refractivity contribution in [1.82, 2.24) is 19.8 Å². The largest absolute Gasteiger partial charge is 0.483 e. The van der Waals surface area contributed by atoms with Crippen LogP contribution in [0.4, 0.5) is 5.82 Å². The molecular weight excluding hydrogens is 438 g/mol. The maximum absolute atomic E-state index is 13.1. The average molecular weight is 472 g/mol. The number of ether oxygens (including phenoxy) is 1. The molecule has 182 valence electrons. The number of amides is 1. The molecule has 0 aliphatic carbocycles. The zero-order chi connectivity index (χ0) is 24.2. The van der Waals surface area contributed by atoms with Crippen molar-refractivity contribution in [2.45, 2.75) is 45.3 Å². The highest BCUT2D eigenvalue weighted by atomic mass is 16.5. The van der Waals surface area contributed by atoms with E-state index in [4.69, 9.17) is 10.5 Å². The van der Waals surface area contributed by atoms with Gasteiger partial charge < -0.3 is 20.3 Å². The van der Waals surface area contributed by atoms with Crippen molar-refractivity contribution in [2.24, 2.45) is 0 Å². The smallest absolute Gasteiger partial charge is 0.253 e. The molecule has 7 nitrogen and oxygen atoms in total. The number of rotatable bonds is 6. The minimum atomic E-state index is 0.113. The van der Waals surface area contributed by atoms with E-state index in [1.807, 2.05) is 60.4 Å². The lowest BCUT2D eigenvalue weighted by Crippen LogP contribution is -2.45. The van der Waals surface area contributed by atoms with Crippen LogP contribution in [-0.4, -0.2) is 57.9 Å². The van der Waals surface area contributed by atoms with Crippen LogP contribution in [0.3, 0.4) is 0 Å². The van der Waals surface area contributed by atoms with Crippen molar-refractivity contribution in [3.8, 4) is 16.9 Å². The SMILES string of the molecule is Cc1cccc(COc2cc(-c3ccc(C(=O)N4CCC(N5CCCC5)CC4)cc3)cnc2N)n1. The zero-order valence-corrected chi connectivity index (χ0v) is 20.3. The molecular formula is C28H33N5O2. The molecule has 5 rings (SSSR count). The Labute approximate surface area is 206 Å². The third kappa shape index (κ3) is 5.46. The number of benzene rings is 1. The second kappa shape index (κ2) is 10.4. The number of piperidine rings is 1. The summed E-state index contributed by atoms with van der Waals surface area (Å²) in [5, 5.41) is 0. The van der Waals surface area contributed by atoms with Crippen molar-refractivity contribution >= 4 is 11.7 Å². The number of aromatic nitrogens is 2. The van der Waals surface area contributed by atoms with Crippen LogP contribution in [0.15, 0.2) is 54.7 Å². The Balaban J connectivity index is 1.22. The Kier molecular flexibility index (Phi) is 6.95. The first-order chi connectivity index (χ1) is 17.1. The predicted octanol–water partition coefficient (Wildman–Crippen LogP) is 4.31. The van der Waals surface area contributed by atoms with Gasteiger partial charge in [-0.3, -0.25) is 9.78 Å². The second-order valence-corrected chi connectivity index (χ2v) is 9.51. The van der Waals surface area contributed by atoms with Crippen molar-refractivity contribution in [3.63, 3.8) is 0 Å². The number of hydrogen-bond donors (Lipinski definition) is 1. The Morgan fingerprint density at radius 2 is 1.77 bits per heavy atom. The lowest BCUT2D eigenvalue weighted by Gasteiger charge is -2.36. The Morgan fingerprint density at radius 1 is 1.03 bits per heavy atom. The van der Waals surface area contributed by atoms with E-state index in [0.717, 1.165) is 54.0 Å². The van der Waals surface area contributed by atoms with Gasteiger partial charge in [-0.05, 0) is 81.6 Å². The average Bonchev–Trinajstić information content (AvgIpc) is 3.43. The van der Waals surface area contributed by atoms with Gasteiger partial charge in [0, 0.05) is 42.1 Å². The summed E-state index contributed by atoms with van der Waals surface area (Å²) >= 11 is 0. The molecule has 2 aromatic heterocycles. The number of hydrogen-bond acceptors (Lipinski definition) is 6. The fourth-order valence-corrected chi connectivity index (χ4v) is 5.09. The van der Waals surface area contributed by atoms with Gasteiger partial charge in [-0.15, -0.1) is 0 Å². The van der Waals surface area contributed by atoms with Crippen molar-refractivity contribution < 1.29 is 9.53 Å².